The molecular formula is C13H8F2N2O. The molecule has 2 N–H and O–H groups in total. The van der Waals surface area contributed by atoms with Crippen molar-refractivity contribution in [3.63, 3.8) is 0 Å². The normalized spacial score (nSPS) is 9.83. The second-order valence-electron chi connectivity index (χ2n) is 3.48. The smallest absolute Gasteiger partial charge is 0.153 e. The third kappa shape index (κ3) is 2.09. The molecule has 2 aromatic carbocycles. The lowest BCUT2D eigenvalue weighted by Gasteiger charge is -2.10. The number of anilines is 1. The van der Waals surface area contributed by atoms with Crippen LogP contribution in [0.4, 0.5) is 14.5 Å². The molecule has 5 heteroatoms. The van der Waals surface area contributed by atoms with Gasteiger partial charge in [0, 0.05) is 0 Å². The van der Waals surface area contributed by atoms with Crippen molar-refractivity contribution < 1.29 is 13.5 Å². The van der Waals surface area contributed by atoms with Crippen molar-refractivity contribution in [2.24, 2.45) is 0 Å². The van der Waals surface area contributed by atoms with Crippen molar-refractivity contribution in [3.05, 3.63) is 53.6 Å². The van der Waals surface area contributed by atoms with Gasteiger partial charge in [-0.25, -0.2) is 8.78 Å². The first kappa shape index (κ1) is 11.9. The molecule has 0 aliphatic heterocycles. The van der Waals surface area contributed by atoms with Crippen LogP contribution in [0.3, 0.4) is 0 Å². The van der Waals surface area contributed by atoms with Gasteiger partial charge >= 0.3 is 0 Å². The average molecular weight is 246 g/mol. The largest absolute Gasteiger partial charge is 0.454 e. The molecule has 0 spiro atoms. The van der Waals surface area contributed by atoms with Crippen molar-refractivity contribution in [2.75, 3.05) is 5.73 Å². The molecule has 2 rings (SSSR count). The average Bonchev–Trinajstić information content (AvgIpc) is 2.35. The molecule has 3 nitrogen and oxygen atoms in total. The van der Waals surface area contributed by atoms with Gasteiger partial charge in [0.15, 0.2) is 5.75 Å². The number of nitrogen functional groups attached to an aromatic ring is 1. The number of para-hydroxylation sites is 1. The Morgan fingerprint density at radius 1 is 1.00 bits per heavy atom. The van der Waals surface area contributed by atoms with E-state index in [0.29, 0.717) is 0 Å². The molecular weight excluding hydrogens is 238 g/mol. The number of nitrogens with zero attached hydrogens (tertiary/aromatic N) is 1. The van der Waals surface area contributed by atoms with Crippen LogP contribution >= 0.6 is 0 Å². The zero-order chi connectivity index (χ0) is 13.1. The maximum atomic E-state index is 13.3. The van der Waals surface area contributed by atoms with E-state index in [1.165, 1.54) is 30.3 Å². The molecule has 90 valence electrons. The Kier molecular flexibility index (Phi) is 3.11. The molecule has 18 heavy (non-hydrogen) atoms. The van der Waals surface area contributed by atoms with E-state index in [9.17, 15) is 8.78 Å². The number of ether oxygens (including phenoxy) is 1. The Hall–Kier alpha value is -2.61. The fourth-order valence-electron chi connectivity index (χ4n) is 1.42. The summed E-state index contributed by atoms with van der Waals surface area (Å²) < 4.78 is 31.8. The number of hydrogen-bond donors (Lipinski definition) is 1. The fourth-order valence-corrected chi connectivity index (χ4v) is 1.42. The molecule has 0 aliphatic rings. The summed E-state index contributed by atoms with van der Waals surface area (Å²) in [5.41, 5.74) is 5.05. The van der Waals surface area contributed by atoms with Crippen molar-refractivity contribution >= 4 is 5.69 Å². The van der Waals surface area contributed by atoms with E-state index >= 15 is 0 Å². The number of halogens is 2. The minimum atomic E-state index is -0.704. The molecule has 0 fully saturated rings. The first-order valence-corrected chi connectivity index (χ1v) is 5.04. The van der Waals surface area contributed by atoms with Gasteiger partial charge in [0.1, 0.15) is 34.7 Å². The minimum Gasteiger partial charge on any atom is -0.454 e. The highest BCUT2D eigenvalue weighted by atomic mass is 19.1. The van der Waals surface area contributed by atoms with Crippen LogP contribution in [0.15, 0.2) is 36.4 Å². The third-order valence-corrected chi connectivity index (χ3v) is 2.32. The summed E-state index contributed by atoms with van der Waals surface area (Å²) in [6.45, 7) is 0. The van der Waals surface area contributed by atoms with E-state index < -0.39 is 11.6 Å². The summed E-state index contributed by atoms with van der Waals surface area (Å²) in [5, 5.41) is 8.83. The van der Waals surface area contributed by atoms with E-state index in [0.717, 1.165) is 6.07 Å². The highest BCUT2D eigenvalue weighted by molar-refractivity contribution is 5.56. The van der Waals surface area contributed by atoms with Crippen LogP contribution < -0.4 is 10.5 Å². The van der Waals surface area contributed by atoms with Crippen molar-refractivity contribution in [1.82, 2.24) is 0 Å². The van der Waals surface area contributed by atoms with Crippen LogP contribution in [0.1, 0.15) is 5.56 Å². The summed E-state index contributed by atoms with van der Waals surface area (Å²) >= 11 is 0. The standard InChI is InChI=1S/C13H8F2N2O/c14-9-3-1-5-11(8(9)7-16)18-12-6-2-4-10(15)13(12)17/h1-6H,17H2. The molecule has 0 heterocycles. The van der Waals surface area contributed by atoms with Crippen LogP contribution in [-0.2, 0) is 0 Å². The van der Waals surface area contributed by atoms with Gasteiger partial charge in [-0.2, -0.15) is 5.26 Å². The summed E-state index contributed by atoms with van der Waals surface area (Å²) in [4.78, 5) is 0. The monoisotopic (exact) mass is 246 g/mol. The van der Waals surface area contributed by atoms with Crippen LogP contribution in [0, 0.1) is 23.0 Å². The Balaban J connectivity index is 2.44. The van der Waals surface area contributed by atoms with E-state index in [-0.39, 0.29) is 22.7 Å². The Labute approximate surface area is 102 Å². The summed E-state index contributed by atoms with van der Waals surface area (Å²) in [6.07, 6.45) is 0. The Bertz CT molecular complexity index is 635. The van der Waals surface area contributed by atoms with Gasteiger partial charge in [-0.05, 0) is 24.3 Å². The first-order valence-electron chi connectivity index (χ1n) is 5.04. The van der Waals surface area contributed by atoms with Crippen LogP contribution in [0.25, 0.3) is 0 Å². The number of benzene rings is 2. The molecule has 0 atom stereocenters. The van der Waals surface area contributed by atoms with E-state index in [2.05, 4.69) is 0 Å². The Morgan fingerprint density at radius 3 is 2.28 bits per heavy atom. The van der Waals surface area contributed by atoms with Crippen molar-refractivity contribution in [3.8, 4) is 17.6 Å². The van der Waals surface area contributed by atoms with Gasteiger partial charge in [-0.1, -0.05) is 12.1 Å². The van der Waals surface area contributed by atoms with Gasteiger partial charge in [0.25, 0.3) is 0 Å². The highest BCUT2D eigenvalue weighted by Gasteiger charge is 2.12. The molecule has 0 radical (unpaired) electrons. The maximum absolute atomic E-state index is 13.3. The van der Waals surface area contributed by atoms with E-state index in [4.69, 9.17) is 15.7 Å². The molecule has 2 aromatic rings. The summed E-state index contributed by atoms with van der Waals surface area (Å²) in [5.74, 6) is -1.31. The maximum Gasteiger partial charge on any atom is 0.153 e. The molecule has 0 bridgehead atoms. The van der Waals surface area contributed by atoms with Crippen molar-refractivity contribution in [1.29, 1.82) is 5.26 Å². The first-order chi connectivity index (χ1) is 8.63. The highest BCUT2D eigenvalue weighted by Crippen LogP contribution is 2.31. The predicted octanol–water partition coefficient (Wildman–Crippen LogP) is 3.21. The van der Waals surface area contributed by atoms with Gasteiger partial charge in [-0.3, -0.25) is 0 Å². The lowest BCUT2D eigenvalue weighted by molar-refractivity contribution is 0.472. The molecule has 0 amide bonds. The van der Waals surface area contributed by atoms with Gasteiger partial charge in [-0.15, -0.1) is 0 Å². The number of hydrogen-bond acceptors (Lipinski definition) is 3. The second-order valence-corrected chi connectivity index (χ2v) is 3.48. The minimum absolute atomic E-state index is 0.00481. The quantitative estimate of drug-likeness (QED) is 0.827. The number of nitrogens with two attached hydrogens (primary N) is 1. The zero-order valence-corrected chi connectivity index (χ0v) is 9.15. The van der Waals surface area contributed by atoms with Crippen LogP contribution in [0.5, 0.6) is 11.5 Å². The van der Waals surface area contributed by atoms with Gasteiger partial charge in [0.05, 0.1) is 0 Å². The zero-order valence-electron chi connectivity index (χ0n) is 9.15. The number of nitriles is 1. The predicted molar refractivity (Wildman–Crippen MR) is 62.0 cm³/mol. The summed E-state index contributed by atoms with van der Waals surface area (Å²) in [6, 6.07) is 9.65. The van der Waals surface area contributed by atoms with E-state index in [1.54, 1.807) is 6.07 Å². The lowest BCUT2D eigenvalue weighted by Crippen LogP contribution is -1.97. The molecule has 0 saturated carbocycles. The SMILES string of the molecule is N#Cc1c(F)cccc1Oc1cccc(F)c1N. The second kappa shape index (κ2) is 4.72. The lowest BCUT2D eigenvalue weighted by atomic mass is 10.2. The molecule has 0 saturated heterocycles. The summed E-state index contributed by atoms with van der Waals surface area (Å²) in [7, 11) is 0. The fraction of sp³-hybridized carbons (Fsp3) is 0. The molecule has 0 aliphatic carbocycles. The van der Waals surface area contributed by atoms with Crippen LogP contribution in [-0.4, -0.2) is 0 Å². The van der Waals surface area contributed by atoms with Crippen molar-refractivity contribution in [2.45, 2.75) is 0 Å². The van der Waals surface area contributed by atoms with Gasteiger partial charge in [0.2, 0.25) is 0 Å². The topological polar surface area (TPSA) is 59.0 Å². The molecule has 0 aromatic heterocycles. The Morgan fingerprint density at radius 2 is 1.61 bits per heavy atom. The van der Waals surface area contributed by atoms with Crippen LogP contribution in [0.2, 0.25) is 0 Å². The number of rotatable bonds is 2. The van der Waals surface area contributed by atoms with Gasteiger partial charge < -0.3 is 10.5 Å². The third-order valence-electron chi connectivity index (χ3n) is 2.32. The van der Waals surface area contributed by atoms with E-state index in [1.807, 2.05) is 0 Å². The molecule has 0 unspecified atom stereocenters.